The smallest absolute Gasteiger partial charge is 0.124 e. The normalized spacial score (nSPS) is 14.2. The van der Waals surface area contributed by atoms with E-state index < -0.39 is 11.0 Å². The molecule has 1 unspecified atom stereocenters. The van der Waals surface area contributed by atoms with Gasteiger partial charge < -0.3 is 9.84 Å². The van der Waals surface area contributed by atoms with Crippen LogP contribution in [0.25, 0.3) is 0 Å². The summed E-state index contributed by atoms with van der Waals surface area (Å²) in [7, 11) is 0. The van der Waals surface area contributed by atoms with Crippen LogP contribution < -0.4 is 4.74 Å². The molecular formula is C16H19ClN6O2. The molecule has 1 atom stereocenters. The third kappa shape index (κ3) is 3.64. The van der Waals surface area contributed by atoms with Crippen LogP contribution in [-0.4, -0.2) is 42.5 Å². The Balaban J connectivity index is 1.84. The maximum Gasteiger partial charge on any atom is 0.124 e. The number of ether oxygens (including phenoxy) is 1. The third-order valence-corrected chi connectivity index (χ3v) is 4.53. The second kappa shape index (κ2) is 6.81. The lowest BCUT2D eigenvalue weighted by Crippen LogP contribution is -2.47. The molecule has 0 radical (unpaired) electrons. The summed E-state index contributed by atoms with van der Waals surface area (Å²) in [6.45, 7) is 4.05. The first kappa shape index (κ1) is 17.4. The minimum absolute atomic E-state index is 0.215. The Morgan fingerprint density at radius 3 is 2.36 bits per heavy atom. The summed E-state index contributed by atoms with van der Waals surface area (Å²) in [5.74, 6) is 0.668. The molecule has 3 N–H and O–H groups in total. The van der Waals surface area contributed by atoms with Gasteiger partial charge in [0.15, 0.2) is 0 Å². The number of hydrogen-bond donors (Lipinski definition) is 3. The number of H-pyrrole nitrogens is 2. The van der Waals surface area contributed by atoms with Gasteiger partial charge >= 0.3 is 0 Å². The van der Waals surface area contributed by atoms with E-state index in [-0.39, 0.29) is 13.0 Å². The largest absolute Gasteiger partial charge is 0.493 e. The maximum atomic E-state index is 11.5. The molecule has 0 saturated carbocycles. The Labute approximate surface area is 149 Å². The van der Waals surface area contributed by atoms with Crippen LogP contribution >= 0.6 is 11.6 Å². The Morgan fingerprint density at radius 1 is 1.08 bits per heavy atom. The van der Waals surface area contributed by atoms with Crippen molar-refractivity contribution in [3.8, 4) is 5.75 Å². The number of aliphatic hydroxyl groups is 1. The van der Waals surface area contributed by atoms with Gasteiger partial charge in [-0.05, 0) is 24.3 Å². The molecule has 0 aliphatic rings. The van der Waals surface area contributed by atoms with Gasteiger partial charge in [0.25, 0.3) is 0 Å². The van der Waals surface area contributed by atoms with Crippen molar-refractivity contribution in [3.63, 3.8) is 0 Å². The molecule has 2 aromatic heterocycles. The average molecular weight is 363 g/mol. The Bertz CT molecular complexity index is 789. The van der Waals surface area contributed by atoms with Crippen LogP contribution in [0.15, 0.2) is 36.7 Å². The van der Waals surface area contributed by atoms with Crippen molar-refractivity contribution in [3.05, 3.63) is 53.1 Å². The van der Waals surface area contributed by atoms with Crippen LogP contribution in [0.4, 0.5) is 0 Å². The quantitative estimate of drug-likeness (QED) is 0.593. The molecule has 9 heteroatoms. The van der Waals surface area contributed by atoms with Crippen molar-refractivity contribution in [2.24, 2.45) is 5.41 Å². The maximum absolute atomic E-state index is 11.5. The summed E-state index contributed by atoms with van der Waals surface area (Å²) in [6.07, 6.45) is 3.43. The van der Waals surface area contributed by atoms with Gasteiger partial charge in [-0.15, -0.1) is 10.2 Å². The molecule has 0 aliphatic carbocycles. The number of nitrogens with one attached hydrogen (secondary N) is 2. The molecule has 3 rings (SSSR count). The van der Waals surface area contributed by atoms with Gasteiger partial charge in [-0.1, -0.05) is 35.9 Å². The lowest BCUT2D eigenvalue weighted by Gasteiger charge is -2.40. The lowest BCUT2D eigenvalue weighted by molar-refractivity contribution is -0.0960. The second-order valence-electron chi connectivity index (χ2n) is 6.49. The molecule has 1 aromatic carbocycles. The van der Waals surface area contributed by atoms with E-state index in [4.69, 9.17) is 16.3 Å². The molecule has 3 aromatic rings. The van der Waals surface area contributed by atoms with E-state index in [0.29, 0.717) is 22.2 Å². The minimum Gasteiger partial charge on any atom is -0.493 e. The Hall–Kier alpha value is -2.45. The molecule has 2 heterocycles. The summed E-state index contributed by atoms with van der Waals surface area (Å²) < 4.78 is 5.87. The highest BCUT2D eigenvalue weighted by atomic mass is 35.5. The number of rotatable bonds is 7. The SMILES string of the molecule is CC(C)(COc1ccc(Cl)cc1)C(O)(Cc1c[nH]nn1)c1c[nH]nn1. The summed E-state index contributed by atoms with van der Waals surface area (Å²) in [5.41, 5.74) is -1.03. The van der Waals surface area contributed by atoms with Gasteiger partial charge in [0, 0.05) is 29.3 Å². The van der Waals surface area contributed by atoms with E-state index in [1.54, 1.807) is 36.7 Å². The van der Waals surface area contributed by atoms with Gasteiger partial charge in [0.1, 0.15) is 17.0 Å². The van der Waals surface area contributed by atoms with Crippen LogP contribution in [0.2, 0.25) is 5.02 Å². The first-order valence-electron chi connectivity index (χ1n) is 7.74. The number of hydrogen-bond acceptors (Lipinski definition) is 6. The molecule has 0 fully saturated rings. The zero-order valence-electron chi connectivity index (χ0n) is 13.9. The average Bonchev–Trinajstić information content (AvgIpc) is 3.28. The highest BCUT2D eigenvalue weighted by Crippen LogP contribution is 2.41. The molecule has 8 nitrogen and oxygen atoms in total. The predicted molar refractivity (Wildman–Crippen MR) is 91.1 cm³/mol. The molecular weight excluding hydrogens is 344 g/mol. The molecule has 0 amide bonds. The van der Waals surface area contributed by atoms with Gasteiger partial charge in [-0.25, -0.2) is 0 Å². The first-order chi connectivity index (χ1) is 11.9. The number of nitrogens with zero attached hydrogens (tertiary/aromatic N) is 4. The van der Waals surface area contributed by atoms with Gasteiger partial charge in [-0.2, -0.15) is 0 Å². The predicted octanol–water partition coefficient (Wildman–Crippen LogP) is 2.11. The third-order valence-electron chi connectivity index (χ3n) is 4.28. The van der Waals surface area contributed by atoms with Crippen LogP contribution in [0.3, 0.4) is 0 Å². The van der Waals surface area contributed by atoms with Gasteiger partial charge in [0.05, 0.1) is 12.3 Å². The van der Waals surface area contributed by atoms with Crippen LogP contribution in [-0.2, 0) is 12.0 Å². The molecule has 132 valence electrons. The van der Waals surface area contributed by atoms with E-state index in [1.165, 1.54) is 0 Å². The summed E-state index contributed by atoms with van der Waals surface area (Å²) >= 11 is 5.89. The fourth-order valence-corrected chi connectivity index (χ4v) is 2.69. The summed E-state index contributed by atoms with van der Waals surface area (Å²) in [5, 5.41) is 32.8. The molecule has 0 saturated heterocycles. The monoisotopic (exact) mass is 362 g/mol. The summed E-state index contributed by atoms with van der Waals surface area (Å²) in [4.78, 5) is 0. The zero-order valence-corrected chi connectivity index (χ0v) is 14.7. The Kier molecular flexibility index (Phi) is 4.73. The topological polar surface area (TPSA) is 113 Å². The van der Waals surface area contributed by atoms with Crippen molar-refractivity contribution < 1.29 is 9.84 Å². The minimum atomic E-state index is -1.36. The molecule has 0 aliphatic heterocycles. The fraction of sp³-hybridized carbons (Fsp3) is 0.375. The van der Waals surface area contributed by atoms with E-state index in [1.807, 2.05) is 13.8 Å². The second-order valence-corrected chi connectivity index (χ2v) is 6.92. The Morgan fingerprint density at radius 2 is 1.76 bits per heavy atom. The van der Waals surface area contributed by atoms with Crippen molar-refractivity contribution in [2.75, 3.05) is 6.61 Å². The van der Waals surface area contributed by atoms with Crippen molar-refractivity contribution in [2.45, 2.75) is 25.9 Å². The fourth-order valence-electron chi connectivity index (χ4n) is 2.57. The van der Waals surface area contributed by atoms with Gasteiger partial charge in [0.2, 0.25) is 0 Å². The van der Waals surface area contributed by atoms with Crippen molar-refractivity contribution in [1.29, 1.82) is 0 Å². The van der Waals surface area contributed by atoms with E-state index in [0.717, 1.165) is 0 Å². The van der Waals surface area contributed by atoms with Crippen LogP contribution in [0.1, 0.15) is 25.2 Å². The standard InChI is InChI=1S/C16H19ClN6O2/c1-15(2,10-25-13-5-3-11(17)4-6-13)16(24,14-9-19-23-21-14)7-12-8-18-22-20-12/h3-6,8-9,24H,7,10H2,1-2H3,(H,18,20,22)(H,19,21,23). The summed E-state index contributed by atoms with van der Waals surface area (Å²) in [6, 6.07) is 7.07. The lowest BCUT2D eigenvalue weighted by atomic mass is 9.71. The molecule has 0 spiro atoms. The molecule has 0 bridgehead atoms. The number of aromatic amines is 2. The van der Waals surface area contributed by atoms with Crippen LogP contribution in [0, 0.1) is 5.41 Å². The zero-order chi connectivity index (χ0) is 17.9. The number of halogens is 1. The van der Waals surface area contributed by atoms with Crippen LogP contribution in [0.5, 0.6) is 5.75 Å². The first-order valence-corrected chi connectivity index (χ1v) is 8.11. The van der Waals surface area contributed by atoms with E-state index in [9.17, 15) is 5.11 Å². The van der Waals surface area contributed by atoms with E-state index in [2.05, 4.69) is 30.8 Å². The highest BCUT2D eigenvalue weighted by Gasteiger charge is 2.48. The van der Waals surface area contributed by atoms with Crippen molar-refractivity contribution in [1.82, 2.24) is 30.8 Å². The number of aromatic nitrogens is 6. The van der Waals surface area contributed by atoms with Crippen molar-refractivity contribution >= 4 is 11.6 Å². The van der Waals surface area contributed by atoms with E-state index >= 15 is 0 Å². The van der Waals surface area contributed by atoms with Gasteiger partial charge in [-0.3, -0.25) is 10.2 Å². The number of benzene rings is 1. The highest BCUT2D eigenvalue weighted by molar-refractivity contribution is 6.30. The molecule has 25 heavy (non-hydrogen) atoms.